The van der Waals surface area contributed by atoms with E-state index < -0.39 is 5.91 Å². The Bertz CT molecular complexity index is 468. The Balaban J connectivity index is 2.58. The standard InChI is InChI=1S/C11H14N4O3/c1-7(16)13-8-2-4-9(5-3-8)14-11(17)6-10(12)15-18/h2-5,18H,6H2,1H3,(H2,12,15)(H,13,16)(H,14,17). The van der Waals surface area contributed by atoms with Crippen LogP contribution in [0.25, 0.3) is 0 Å². The van der Waals surface area contributed by atoms with E-state index in [0.29, 0.717) is 11.4 Å². The summed E-state index contributed by atoms with van der Waals surface area (Å²) in [5.74, 6) is -0.723. The maximum absolute atomic E-state index is 11.4. The van der Waals surface area contributed by atoms with Crippen molar-refractivity contribution in [3.05, 3.63) is 24.3 Å². The highest BCUT2D eigenvalue weighted by Crippen LogP contribution is 2.13. The minimum absolute atomic E-state index is 0.164. The van der Waals surface area contributed by atoms with Crippen LogP contribution in [0.15, 0.2) is 29.4 Å². The van der Waals surface area contributed by atoms with E-state index in [-0.39, 0.29) is 18.2 Å². The van der Waals surface area contributed by atoms with Gasteiger partial charge in [-0.2, -0.15) is 0 Å². The number of nitrogens with zero attached hydrogens (tertiary/aromatic N) is 1. The Labute approximate surface area is 104 Å². The Kier molecular flexibility index (Phi) is 4.67. The molecule has 2 amide bonds. The van der Waals surface area contributed by atoms with Crippen molar-refractivity contribution in [2.45, 2.75) is 13.3 Å². The number of carbonyl (C=O) groups is 2. The van der Waals surface area contributed by atoms with Gasteiger partial charge < -0.3 is 21.6 Å². The zero-order valence-corrected chi connectivity index (χ0v) is 9.80. The number of amides is 2. The maximum atomic E-state index is 11.4. The van der Waals surface area contributed by atoms with Crippen LogP contribution in [-0.4, -0.2) is 22.9 Å². The second-order valence-electron chi connectivity index (χ2n) is 3.57. The van der Waals surface area contributed by atoms with Gasteiger partial charge >= 0.3 is 0 Å². The van der Waals surface area contributed by atoms with Gasteiger partial charge in [-0.15, -0.1) is 0 Å². The zero-order valence-electron chi connectivity index (χ0n) is 9.80. The summed E-state index contributed by atoms with van der Waals surface area (Å²) in [5.41, 5.74) is 6.39. The molecule has 1 aromatic rings. The normalized spacial score (nSPS) is 10.8. The monoisotopic (exact) mass is 250 g/mol. The van der Waals surface area contributed by atoms with E-state index in [1.165, 1.54) is 6.92 Å². The molecule has 18 heavy (non-hydrogen) atoms. The fraction of sp³-hybridized carbons (Fsp3) is 0.182. The molecule has 0 spiro atoms. The number of hydrogen-bond donors (Lipinski definition) is 4. The van der Waals surface area contributed by atoms with Crippen molar-refractivity contribution in [1.29, 1.82) is 0 Å². The Morgan fingerprint density at radius 1 is 1.22 bits per heavy atom. The summed E-state index contributed by atoms with van der Waals surface area (Å²) >= 11 is 0. The van der Waals surface area contributed by atoms with Crippen LogP contribution in [-0.2, 0) is 9.59 Å². The first-order valence-electron chi connectivity index (χ1n) is 5.15. The molecule has 96 valence electrons. The van der Waals surface area contributed by atoms with Crippen molar-refractivity contribution in [2.24, 2.45) is 10.9 Å². The minimum atomic E-state index is -0.391. The smallest absolute Gasteiger partial charge is 0.232 e. The number of hydrogen-bond acceptors (Lipinski definition) is 4. The molecule has 0 aromatic heterocycles. The number of carbonyl (C=O) groups excluding carboxylic acids is 2. The highest BCUT2D eigenvalue weighted by molar-refractivity contribution is 6.04. The van der Waals surface area contributed by atoms with Gasteiger partial charge in [0.1, 0.15) is 5.84 Å². The van der Waals surface area contributed by atoms with Crippen LogP contribution in [0.2, 0.25) is 0 Å². The molecular formula is C11H14N4O3. The first kappa shape index (κ1) is 13.5. The molecule has 0 aliphatic heterocycles. The number of nitrogens with one attached hydrogen (secondary N) is 2. The van der Waals surface area contributed by atoms with Gasteiger partial charge in [0, 0.05) is 18.3 Å². The van der Waals surface area contributed by atoms with Gasteiger partial charge in [0.15, 0.2) is 0 Å². The van der Waals surface area contributed by atoms with Crippen molar-refractivity contribution < 1.29 is 14.8 Å². The van der Waals surface area contributed by atoms with Crippen LogP contribution in [0, 0.1) is 0 Å². The fourth-order valence-electron chi connectivity index (χ4n) is 1.25. The van der Waals surface area contributed by atoms with Crippen LogP contribution in [0.1, 0.15) is 13.3 Å². The number of oxime groups is 1. The maximum Gasteiger partial charge on any atom is 0.232 e. The van der Waals surface area contributed by atoms with Gasteiger partial charge in [-0.3, -0.25) is 9.59 Å². The quantitative estimate of drug-likeness (QED) is 0.272. The van der Waals surface area contributed by atoms with E-state index in [4.69, 9.17) is 10.9 Å². The molecule has 0 aliphatic carbocycles. The van der Waals surface area contributed by atoms with Crippen molar-refractivity contribution in [3.8, 4) is 0 Å². The molecule has 1 aromatic carbocycles. The third kappa shape index (κ3) is 4.52. The van der Waals surface area contributed by atoms with Gasteiger partial charge in [-0.1, -0.05) is 5.16 Å². The summed E-state index contributed by atoms with van der Waals surface area (Å²) < 4.78 is 0. The minimum Gasteiger partial charge on any atom is -0.409 e. The second-order valence-corrected chi connectivity index (χ2v) is 3.57. The summed E-state index contributed by atoms with van der Waals surface area (Å²) in [6.45, 7) is 1.41. The largest absolute Gasteiger partial charge is 0.409 e. The molecule has 0 saturated heterocycles. The highest BCUT2D eigenvalue weighted by atomic mass is 16.4. The molecule has 0 radical (unpaired) electrons. The lowest BCUT2D eigenvalue weighted by Gasteiger charge is -2.06. The predicted molar refractivity (Wildman–Crippen MR) is 67.4 cm³/mol. The van der Waals surface area contributed by atoms with Crippen LogP contribution in [0.4, 0.5) is 11.4 Å². The van der Waals surface area contributed by atoms with Crippen molar-refractivity contribution in [3.63, 3.8) is 0 Å². The molecule has 7 heteroatoms. The fourth-order valence-corrected chi connectivity index (χ4v) is 1.25. The predicted octanol–water partition coefficient (Wildman–Crippen LogP) is 0.720. The number of benzene rings is 1. The lowest BCUT2D eigenvalue weighted by Crippen LogP contribution is -2.21. The first-order chi connectivity index (χ1) is 8.51. The van der Waals surface area contributed by atoms with Crippen LogP contribution in [0.5, 0.6) is 0 Å². The van der Waals surface area contributed by atoms with E-state index in [0.717, 1.165) is 0 Å². The van der Waals surface area contributed by atoms with Crippen molar-refractivity contribution in [1.82, 2.24) is 0 Å². The Hall–Kier alpha value is -2.57. The summed E-state index contributed by atoms with van der Waals surface area (Å²) in [5, 5.41) is 16.2. The molecule has 0 aliphatic rings. The Morgan fingerprint density at radius 3 is 2.17 bits per heavy atom. The first-order valence-corrected chi connectivity index (χ1v) is 5.15. The van der Waals surface area contributed by atoms with Gasteiger partial charge in [0.2, 0.25) is 11.8 Å². The van der Waals surface area contributed by atoms with Crippen molar-refractivity contribution >= 4 is 29.0 Å². The summed E-state index contributed by atoms with van der Waals surface area (Å²) in [4.78, 5) is 22.2. The van der Waals surface area contributed by atoms with E-state index >= 15 is 0 Å². The third-order valence-electron chi connectivity index (χ3n) is 1.96. The van der Waals surface area contributed by atoms with Gasteiger partial charge in [-0.05, 0) is 24.3 Å². The van der Waals surface area contributed by atoms with E-state index in [9.17, 15) is 9.59 Å². The molecule has 5 N–H and O–H groups in total. The van der Waals surface area contributed by atoms with Crippen molar-refractivity contribution in [2.75, 3.05) is 10.6 Å². The van der Waals surface area contributed by atoms with Gasteiger partial charge in [0.25, 0.3) is 0 Å². The molecule has 0 heterocycles. The molecule has 0 atom stereocenters. The molecule has 0 saturated carbocycles. The number of rotatable bonds is 4. The summed E-state index contributed by atoms with van der Waals surface area (Å²) in [7, 11) is 0. The highest BCUT2D eigenvalue weighted by Gasteiger charge is 2.05. The average Bonchev–Trinajstić information content (AvgIpc) is 2.30. The van der Waals surface area contributed by atoms with Crippen LogP contribution < -0.4 is 16.4 Å². The molecule has 7 nitrogen and oxygen atoms in total. The van der Waals surface area contributed by atoms with Gasteiger partial charge in [-0.25, -0.2) is 0 Å². The summed E-state index contributed by atoms with van der Waals surface area (Å²) in [6.07, 6.45) is -0.191. The third-order valence-corrected chi connectivity index (χ3v) is 1.96. The van der Waals surface area contributed by atoms with E-state index in [1.807, 2.05) is 0 Å². The Morgan fingerprint density at radius 2 is 1.72 bits per heavy atom. The van der Waals surface area contributed by atoms with E-state index in [1.54, 1.807) is 24.3 Å². The number of amidine groups is 1. The topological polar surface area (TPSA) is 117 Å². The SMILES string of the molecule is CC(=O)Nc1ccc(NC(=O)C/C(N)=N/O)cc1. The molecule has 0 fully saturated rings. The lowest BCUT2D eigenvalue weighted by molar-refractivity contribution is -0.115. The molecule has 0 bridgehead atoms. The molecular weight excluding hydrogens is 236 g/mol. The van der Waals surface area contributed by atoms with E-state index in [2.05, 4.69) is 15.8 Å². The molecule has 0 unspecified atom stereocenters. The van der Waals surface area contributed by atoms with Crippen LogP contribution >= 0.6 is 0 Å². The second kappa shape index (κ2) is 6.24. The zero-order chi connectivity index (χ0) is 13.5. The summed E-state index contributed by atoms with van der Waals surface area (Å²) in [6, 6.07) is 6.58. The average molecular weight is 250 g/mol. The lowest BCUT2D eigenvalue weighted by atomic mass is 10.2. The number of anilines is 2. The molecule has 1 rings (SSSR count). The van der Waals surface area contributed by atoms with Gasteiger partial charge in [0.05, 0.1) is 6.42 Å². The van der Waals surface area contributed by atoms with Crippen LogP contribution in [0.3, 0.4) is 0 Å². The number of nitrogens with two attached hydrogens (primary N) is 1.